The molecule has 0 radical (unpaired) electrons. The van der Waals surface area contributed by atoms with Crippen LogP contribution in [-0.2, 0) is 16.1 Å². The van der Waals surface area contributed by atoms with E-state index < -0.39 is 11.6 Å². The lowest BCUT2D eigenvalue weighted by Gasteiger charge is -2.41. The third-order valence-corrected chi connectivity index (χ3v) is 5.88. The second-order valence-electron chi connectivity index (χ2n) is 7.87. The van der Waals surface area contributed by atoms with E-state index in [4.69, 9.17) is 4.42 Å². The Kier molecular flexibility index (Phi) is 5.19. The molecule has 4 rings (SSSR count). The Bertz CT molecular complexity index is 920. The van der Waals surface area contributed by atoms with E-state index in [9.17, 15) is 14.4 Å². The molecule has 1 spiro atoms. The molecule has 9 heteroatoms. The van der Waals surface area contributed by atoms with E-state index in [1.54, 1.807) is 25.2 Å². The molecule has 0 bridgehead atoms. The van der Waals surface area contributed by atoms with Crippen molar-refractivity contribution in [3.05, 3.63) is 48.4 Å². The highest BCUT2D eigenvalue weighted by atomic mass is 16.4. The number of hydrogen-bond donors (Lipinski definition) is 0. The highest BCUT2D eigenvalue weighted by Gasteiger charge is 2.58. The molecule has 3 heterocycles. The fraction of sp³-hybridized carbons (Fsp3) is 0.429. The van der Waals surface area contributed by atoms with Crippen molar-refractivity contribution in [1.82, 2.24) is 19.7 Å². The van der Waals surface area contributed by atoms with Crippen molar-refractivity contribution >= 4 is 23.9 Å². The van der Waals surface area contributed by atoms with Gasteiger partial charge in [0.05, 0.1) is 6.20 Å². The molecule has 0 unspecified atom stereocenters. The Hall–Kier alpha value is -3.36. The Morgan fingerprint density at radius 1 is 1.17 bits per heavy atom. The van der Waals surface area contributed by atoms with Crippen molar-refractivity contribution in [2.75, 3.05) is 38.6 Å². The maximum absolute atomic E-state index is 13.5. The molecule has 9 nitrogen and oxygen atoms in total. The van der Waals surface area contributed by atoms with Crippen LogP contribution in [0.3, 0.4) is 0 Å². The molecule has 0 aliphatic carbocycles. The number of aromatic nitrogens is 1. The molecular formula is C21H25N5O4. The molecule has 0 N–H and O–H groups in total. The molecule has 1 aromatic heterocycles. The minimum absolute atomic E-state index is 0.249. The molecule has 30 heavy (non-hydrogen) atoms. The van der Waals surface area contributed by atoms with Crippen LogP contribution in [0, 0.1) is 0 Å². The van der Waals surface area contributed by atoms with Gasteiger partial charge < -0.3 is 19.1 Å². The Morgan fingerprint density at radius 3 is 2.47 bits per heavy atom. The molecule has 4 amide bonds. The second-order valence-corrected chi connectivity index (χ2v) is 7.87. The van der Waals surface area contributed by atoms with Gasteiger partial charge in [-0.15, -0.1) is 0 Å². The average Bonchev–Trinajstić information content (AvgIpc) is 3.35. The van der Waals surface area contributed by atoms with E-state index in [1.165, 1.54) is 11.2 Å². The van der Waals surface area contributed by atoms with Crippen LogP contribution < -0.4 is 4.90 Å². The molecule has 2 aliphatic heterocycles. The fourth-order valence-corrected chi connectivity index (χ4v) is 4.11. The van der Waals surface area contributed by atoms with Crippen molar-refractivity contribution < 1.29 is 18.8 Å². The van der Waals surface area contributed by atoms with Gasteiger partial charge in [0, 0.05) is 33.7 Å². The van der Waals surface area contributed by atoms with Gasteiger partial charge in [0.1, 0.15) is 18.3 Å². The van der Waals surface area contributed by atoms with E-state index >= 15 is 0 Å². The molecule has 2 aromatic rings. The number of hydrogen-bond acceptors (Lipinski definition) is 6. The maximum Gasteiger partial charge on any atom is 0.328 e. The summed E-state index contributed by atoms with van der Waals surface area (Å²) in [7, 11) is 3.22. The van der Waals surface area contributed by atoms with E-state index in [2.05, 4.69) is 4.98 Å². The molecule has 0 saturated carbocycles. The first-order valence-corrected chi connectivity index (χ1v) is 9.94. The first-order chi connectivity index (χ1) is 14.4. The molecule has 2 aliphatic rings. The van der Waals surface area contributed by atoms with E-state index in [-0.39, 0.29) is 18.4 Å². The van der Waals surface area contributed by atoms with Gasteiger partial charge in [-0.25, -0.2) is 9.78 Å². The molecular weight excluding hydrogens is 386 g/mol. The highest BCUT2D eigenvalue weighted by molar-refractivity contribution is 6.09. The number of urea groups is 1. The molecule has 1 aromatic carbocycles. The van der Waals surface area contributed by atoms with Gasteiger partial charge in [-0.2, -0.15) is 0 Å². The Labute approximate surface area is 174 Å². The summed E-state index contributed by atoms with van der Waals surface area (Å²) in [6.45, 7) is 1.12. The van der Waals surface area contributed by atoms with Gasteiger partial charge in [0.15, 0.2) is 0 Å². The summed E-state index contributed by atoms with van der Waals surface area (Å²) in [6, 6.07) is 9.68. The second kappa shape index (κ2) is 7.81. The van der Waals surface area contributed by atoms with Crippen molar-refractivity contribution in [1.29, 1.82) is 0 Å². The van der Waals surface area contributed by atoms with Gasteiger partial charge in [0.25, 0.3) is 11.9 Å². The number of carbonyl (C=O) groups excluding carboxylic acids is 3. The Morgan fingerprint density at radius 2 is 1.87 bits per heavy atom. The Balaban J connectivity index is 1.62. The number of oxazole rings is 1. The highest BCUT2D eigenvalue weighted by Crippen LogP contribution is 2.39. The lowest BCUT2D eigenvalue weighted by molar-refractivity contribution is -0.139. The minimum Gasteiger partial charge on any atom is -0.432 e. The first kappa shape index (κ1) is 19.9. The predicted octanol–water partition coefficient (Wildman–Crippen LogP) is 1.57. The molecule has 158 valence electrons. The average molecular weight is 411 g/mol. The number of imide groups is 1. The number of likely N-dealkylation sites (N-methyl/N-ethyl adjacent to an activating group) is 1. The number of nitrogens with zero attached hydrogens (tertiary/aromatic N) is 5. The minimum atomic E-state index is -0.970. The molecule has 2 fully saturated rings. The number of carbonyl (C=O) groups is 3. The smallest absolute Gasteiger partial charge is 0.328 e. The van der Waals surface area contributed by atoms with Gasteiger partial charge in [-0.1, -0.05) is 30.3 Å². The summed E-state index contributed by atoms with van der Waals surface area (Å²) in [5.74, 6) is -0.587. The summed E-state index contributed by atoms with van der Waals surface area (Å²) < 4.78 is 5.38. The van der Waals surface area contributed by atoms with Crippen LogP contribution in [0.1, 0.15) is 18.4 Å². The number of amides is 4. The largest absolute Gasteiger partial charge is 0.432 e. The van der Waals surface area contributed by atoms with Crippen LogP contribution in [0.2, 0.25) is 0 Å². The number of piperidine rings is 1. The third-order valence-electron chi connectivity index (χ3n) is 5.88. The van der Waals surface area contributed by atoms with Crippen molar-refractivity contribution in [3.63, 3.8) is 0 Å². The summed E-state index contributed by atoms with van der Waals surface area (Å²) in [6.07, 6.45) is 3.99. The topological polar surface area (TPSA) is 90.2 Å². The van der Waals surface area contributed by atoms with Crippen LogP contribution in [0.5, 0.6) is 0 Å². The van der Waals surface area contributed by atoms with Crippen LogP contribution in [-0.4, -0.2) is 76.8 Å². The van der Waals surface area contributed by atoms with Gasteiger partial charge in [-0.3, -0.25) is 14.5 Å². The quantitative estimate of drug-likeness (QED) is 0.694. The monoisotopic (exact) mass is 411 g/mol. The van der Waals surface area contributed by atoms with Crippen molar-refractivity contribution in [2.24, 2.45) is 0 Å². The standard InChI is InChI=1S/C21H25N5O4/c1-23(2)17(27)15-25-18(28)21(8-11-24(12-9-21)19-22-10-13-30-19)26(20(25)29)14-16-6-4-3-5-7-16/h3-7,10,13H,8-9,11-12,14-15H2,1-2H3. The first-order valence-electron chi connectivity index (χ1n) is 9.94. The number of anilines is 1. The molecule has 0 atom stereocenters. The number of benzene rings is 1. The lowest BCUT2D eigenvalue weighted by atomic mass is 9.85. The maximum atomic E-state index is 13.5. The van der Waals surface area contributed by atoms with E-state index in [1.807, 2.05) is 35.2 Å². The van der Waals surface area contributed by atoms with Crippen LogP contribution in [0.25, 0.3) is 0 Å². The van der Waals surface area contributed by atoms with Crippen LogP contribution >= 0.6 is 0 Å². The summed E-state index contributed by atoms with van der Waals surface area (Å²) >= 11 is 0. The van der Waals surface area contributed by atoms with Crippen molar-refractivity contribution in [3.8, 4) is 0 Å². The fourth-order valence-electron chi connectivity index (χ4n) is 4.11. The third kappa shape index (κ3) is 3.40. The van der Waals surface area contributed by atoms with Gasteiger partial charge in [0.2, 0.25) is 5.91 Å². The van der Waals surface area contributed by atoms with Gasteiger partial charge >= 0.3 is 6.03 Å². The lowest BCUT2D eigenvalue weighted by Crippen LogP contribution is -2.56. The summed E-state index contributed by atoms with van der Waals surface area (Å²) in [5, 5.41) is 0. The normalized spacial score (nSPS) is 18.4. The van der Waals surface area contributed by atoms with E-state index in [0.29, 0.717) is 38.5 Å². The number of rotatable bonds is 5. The zero-order chi connectivity index (χ0) is 21.3. The summed E-state index contributed by atoms with van der Waals surface area (Å²) in [5.41, 5.74) is -0.0308. The van der Waals surface area contributed by atoms with Crippen LogP contribution in [0.15, 0.2) is 47.2 Å². The van der Waals surface area contributed by atoms with Crippen molar-refractivity contribution in [2.45, 2.75) is 24.9 Å². The summed E-state index contributed by atoms with van der Waals surface area (Å²) in [4.78, 5) is 49.3. The SMILES string of the molecule is CN(C)C(=O)CN1C(=O)N(Cc2ccccc2)C2(CCN(c3ncco3)CC2)C1=O. The van der Waals surface area contributed by atoms with E-state index in [0.717, 1.165) is 10.5 Å². The molecule has 2 saturated heterocycles. The van der Waals surface area contributed by atoms with Gasteiger partial charge in [-0.05, 0) is 18.4 Å². The zero-order valence-corrected chi connectivity index (χ0v) is 17.2. The predicted molar refractivity (Wildman–Crippen MR) is 108 cm³/mol. The zero-order valence-electron chi connectivity index (χ0n) is 17.2. The van der Waals surface area contributed by atoms with Crippen LogP contribution in [0.4, 0.5) is 10.8 Å².